The van der Waals surface area contributed by atoms with Gasteiger partial charge in [-0.2, -0.15) is 4.99 Å². The van der Waals surface area contributed by atoms with Crippen LogP contribution in [0.2, 0.25) is 0 Å². The summed E-state index contributed by atoms with van der Waals surface area (Å²) in [6.07, 6.45) is 2.50. The van der Waals surface area contributed by atoms with Gasteiger partial charge >= 0.3 is 0 Å². The minimum Gasteiger partial charge on any atom is -0.211 e. The number of carbonyl (C=O) groups excluding carboxylic acids is 1. The maximum absolute atomic E-state index is 9.97. The quantitative estimate of drug-likeness (QED) is 0.484. The number of hydrogen-bond acceptors (Lipinski definition) is 2. The summed E-state index contributed by atoms with van der Waals surface area (Å²) >= 11 is 0. The van der Waals surface area contributed by atoms with Gasteiger partial charge in [0.25, 0.3) is 0 Å². The first-order chi connectivity index (χ1) is 5.77. The Morgan fingerprint density at radius 3 is 2.83 bits per heavy atom. The van der Waals surface area contributed by atoms with Crippen molar-refractivity contribution in [3.8, 4) is 0 Å². The molecule has 0 N–H and O–H groups in total. The van der Waals surface area contributed by atoms with E-state index in [0.717, 1.165) is 6.42 Å². The zero-order valence-electron chi connectivity index (χ0n) is 7.29. The first-order valence-electron chi connectivity index (χ1n) is 3.95. The van der Waals surface area contributed by atoms with Crippen molar-refractivity contribution in [1.29, 1.82) is 0 Å². The molecule has 0 aliphatic heterocycles. The Labute approximate surface area is 71.9 Å². The molecule has 0 radical (unpaired) electrons. The highest BCUT2D eigenvalue weighted by atomic mass is 16.1. The third-order valence-corrected chi connectivity index (χ3v) is 1.89. The van der Waals surface area contributed by atoms with Gasteiger partial charge in [-0.3, -0.25) is 0 Å². The molecule has 2 nitrogen and oxygen atoms in total. The second-order valence-corrected chi connectivity index (χ2v) is 2.67. The van der Waals surface area contributed by atoms with Crippen molar-refractivity contribution in [3.05, 3.63) is 29.3 Å². The Morgan fingerprint density at radius 1 is 1.50 bits per heavy atom. The maximum atomic E-state index is 9.97. The molecule has 1 rings (SSSR count). The second-order valence-electron chi connectivity index (χ2n) is 2.67. The largest absolute Gasteiger partial charge is 0.240 e. The molecule has 0 spiro atoms. The van der Waals surface area contributed by atoms with E-state index in [1.165, 1.54) is 17.2 Å². The normalized spacial score (nSPS) is 9.17. The lowest BCUT2D eigenvalue weighted by Gasteiger charge is -2.01. The number of aliphatic imine (C=N–C) groups is 1. The summed E-state index contributed by atoms with van der Waals surface area (Å²) < 4.78 is 0. The molecule has 0 aliphatic carbocycles. The van der Waals surface area contributed by atoms with E-state index in [2.05, 4.69) is 11.9 Å². The molecule has 12 heavy (non-hydrogen) atoms. The molecule has 0 saturated heterocycles. The van der Waals surface area contributed by atoms with Crippen LogP contribution in [0, 0.1) is 6.92 Å². The third kappa shape index (κ3) is 1.80. The Morgan fingerprint density at radius 2 is 2.25 bits per heavy atom. The first-order valence-corrected chi connectivity index (χ1v) is 3.95. The van der Waals surface area contributed by atoms with E-state index in [4.69, 9.17) is 0 Å². The fraction of sp³-hybridized carbons (Fsp3) is 0.300. The number of nitrogens with zero attached hydrogens (tertiary/aromatic N) is 1. The molecule has 1 aromatic carbocycles. The van der Waals surface area contributed by atoms with Gasteiger partial charge in [0, 0.05) is 0 Å². The molecule has 0 atom stereocenters. The van der Waals surface area contributed by atoms with Crippen molar-refractivity contribution >= 4 is 11.8 Å². The summed E-state index contributed by atoms with van der Waals surface area (Å²) in [5.74, 6) is 0. The van der Waals surface area contributed by atoms with Crippen LogP contribution in [-0.4, -0.2) is 6.08 Å². The molecule has 0 amide bonds. The molecule has 2 heteroatoms. The summed E-state index contributed by atoms with van der Waals surface area (Å²) in [6, 6.07) is 5.70. The van der Waals surface area contributed by atoms with E-state index < -0.39 is 0 Å². The van der Waals surface area contributed by atoms with E-state index in [0.29, 0.717) is 5.69 Å². The fourth-order valence-corrected chi connectivity index (χ4v) is 1.16. The van der Waals surface area contributed by atoms with Gasteiger partial charge in [0.2, 0.25) is 6.08 Å². The summed E-state index contributed by atoms with van der Waals surface area (Å²) in [5.41, 5.74) is 3.15. The van der Waals surface area contributed by atoms with Gasteiger partial charge < -0.3 is 0 Å². The van der Waals surface area contributed by atoms with Gasteiger partial charge in [-0.05, 0) is 36.6 Å². The lowest BCUT2D eigenvalue weighted by molar-refractivity contribution is 0.565. The average molecular weight is 161 g/mol. The lowest BCUT2D eigenvalue weighted by atomic mass is 10.1. The number of aryl methyl sites for hydroxylation is 2. The summed E-state index contributed by atoms with van der Waals surface area (Å²) in [6.45, 7) is 4.13. The molecule has 0 bridgehead atoms. The van der Waals surface area contributed by atoms with Crippen molar-refractivity contribution in [2.75, 3.05) is 0 Å². The highest BCUT2D eigenvalue weighted by Crippen LogP contribution is 2.17. The fourth-order valence-electron chi connectivity index (χ4n) is 1.16. The second kappa shape index (κ2) is 3.84. The molecular weight excluding hydrogens is 150 g/mol. The minimum absolute atomic E-state index is 0.687. The number of isocyanates is 1. The summed E-state index contributed by atoms with van der Waals surface area (Å²) in [5, 5.41) is 0. The average Bonchev–Trinajstić information content (AvgIpc) is 2.09. The van der Waals surface area contributed by atoms with Crippen LogP contribution < -0.4 is 0 Å². The van der Waals surface area contributed by atoms with Crippen LogP contribution in [-0.2, 0) is 11.2 Å². The molecule has 62 valence electrons. The summed E-state index contributed by atoms with van der Waals surface area (Å²) in [4.78, 5) is 13.5. The van der Waals surface area contributed by atoms with Crippen LogP contribution >= 0.6 is 0 Å². The molecule has 0 fully saturated rings. The van der Waals surface area contributed by atoms with Crippen LogP contribution in [0.1, 0.15) is 18.1 Å². The van der Waals surface area contributed by atoms with Crippen LogP contribution in [0.4, 0.5) is 5.69 Å². The van der Waals surface area contributed by atoms with Gasteiger partial charge in [-0.1, -0.05) is 13.0 Å². The van der Waals surface area contributed by atoms with Crippen molar-refractivity contribution in [2.45, 2.75) is 20.3 Å². The lowest BCUT2D eigenvalue weighted by Crippen LogP contribution is -1.84. The highest BCUT2D eigenvalue weighted by molar-refractivity contribution is 5.51. The Hall–Kier alpha value is -1.40. The first kappa shape index (κ1) is 8.69. The number of benzene rings is 1. The van der Waals surface area contributed by atoms with Gasteiger partial charge in [0.15, 0.2) is 0 Å². The minimum atomic E-state index is 0.687. The molecule has 0 aromatic heterocycles. The van der Waals surface area contributed by atoms with E-state index in [1.807, 2.05) is 25.1 Å². The van der Waals surface area contributed by atoms with Gasteiger partial charge in [-0.25, -0.2) is 4.79 Å². The molecule has 0 aliphatic rings. The molecule has 0 unspecified atom stereocenters. The van der Waals surface area contributed by atoms with E-state index in [-0.39, 0.29) is 0 Å². The predicted octanol–water partition coefficient (Wildman–Crippen LogP) is 2.52. The predicted molar refractivity (Wildman–Crippen MR) is 48.3 cm³/mol. The molecule has 0 heterocycles. The monoisotopic (exact) mass is 161 g/mol. The van der Waals surface area contributed by atoms with Gasteiger partial charge in [0.05, 0.1) is 5.69 Å². The van der Waals surface area contributed by atoms with E-state index >= 15 is 0 Å². The van der Waals surface area contributed by atoms with E-state index in [1.54, 1.807) is 0 Å². The van der Waals surface area contributed by atoms with Crippen molar-refractivity contribution in [3.63, 3.8) is 0 Å². The van der Waals surface area contributed by atoms with Crippen LogP contribution in [0.3, 0.4) is 0 Å². The zero-order chi connectivity index (χ0) is 8.97. The molecule has 1 aromatic rings. The summed E-state index contributed by atoms with van der Waals surface area (Å²) in [7, 11) is 0. The Bertz CT molecular complexity index is 325. The van der Waals surface area contributed by atoms with Crippen LogP contribution in [0.25, 0.3) is 0 Å². The molecular formula is C10H11NO. The van der Waals surface area contributed by atoms with Gasteiger partial charge in [0.1, 0.15) is 0 Å². The van der Waals surface area contributed by atoms with Crippen LogP contribution in [0.15, 0.2) is 23.2 Å². The molecule has 0 saturated carbocycles. The number of hydrogen-bond donors (Lipinski definition) is 0. The van der Waals surface area contributed by atoms with Crippen molar-refractivity contribution < 1.29 is 4.79 Å². The van der Waals surface area contributed by atoms with Crippen molar-refractivity contribution in [1.82, 2.24) is 0 Å². The maximum Gasteiger partial charge on any atom is 0.240 e. The Kier molecular flexibility index (Phi) is 2.78. The highest BCUT2D eigenvalue weighted by Gasteiger charge is 1.96. The van der Waals surface area contributed by atoms with Crippen LogP contribution in [0.5, 0.6) is 0 Å². The zero-order valence-corrected chi connectivity index (χ0v) is 7.29. The Balaban J connectivity index is 3.13. The SMILES string of the molecule is CCc1cc(N=C=O)ccc1C. The number of rotatable bonds is 2. The van der Waals surface area contributed by atoms with Crippen molar-refractivity contribution in [2.24, 2.45) is 4.99 Å². The van der Waals surface area contributed by atoms with E-state index in [9.17, 15) is 4.79 Å². The standard InChI is InChI=1S/C10H11NO/c1-3-9-6-10(11-7-12)5-4-8(9)2/h4-6H,3H2,1-2H3. The third-order valence-electron chi connectivity index (χ3n) is 1.89. The smallest absolute Gasteiger partial charge is 0.211 e. The topological polar surface area (TPSA) is 29.4 Å². The van der Waals surface area contributed by atoms with Gasteiger partial charge in [-0.15, -0.1) is 0 Å².